The van der Waals surface area contributed by atoms with E-state index >= 15 is 0 Å². The molecule has 0 amide bonds. The van der Waals surface area contributed by atoms with Gasteiger partial charge in [0.1, 0.15) is 0 Å². The molecule has 2 aromatic rings. The van der Waals surface area contributed by atoms with Gasteiger partial charge in [-0.2, -0.15) is 5.10 Å². The van der Waals surface area contributed by atoms with E-state index in [2.05, 4.69) is 49.5 Å². The molecule has 0 aliphatic rings. The molecule has 0 saturated carbocycles. The van der Waals surface area contributed by atoms with E-state index in [-0.39, 0.29) is 0 Å². The van der Waals surface area contributed by atoms with Gasteiger partial charge in [-0.3, -0.25) is 0 Å². The molecule has 1 unspecified atom stereocenters. The highest BCUT2D eigenvalue weighted by molar-refractivity contribution is 5.31. The number of hydrogen-bond acceptors (Lipinski definition) is 2. The number of nitrogens with one attached hydrogen (secondary N) is 1. The predicted octanol–water partition coefficient (Wildman–Crippen LogP) is 3.96. The van der Waals surface area contributed by atoms with Gasteiger partial charge < -0.3 is 5.32 Å². The Hall–Kier alpha value is -1.61. The SMILES string of the molecule is CCNC(CCC(C)C)c1cnn(-c2ccccc2)c1. The van der Waals surface area contributed by atoms with Gasteiger partial charge in [0.25, 0.3) is 0 Å². The Labute approximate surface area is 122 Å². The van der Waals surface area contributed by atoms with Crippen LogP contribution in [0.5, 0.6) is 0 Å². The maximum Gasteiger partial charge on any atom is 0.0645 e. The van der Waals surface area contributed by atoms with Crippen molar-refractivity contribution in [3.8, 4) is 5.69 Å². The zero-order valence-electron chi connectivity index (χ0n) is 12.7. The van der Waals surface area contributed by atoms with Crippen LogP contribution in [0.4, 0.5) is 0 Å². The lowest BCUT2D eigenvalue weighted by molar-refractivity contribution is 0.448. The van der Waals surface area contributed by atoms with Crippen LogP contribution in [0.25, 0.3) is 5.69 Å². The summed E-state index contributed by atoms with van der Waals surface area (Å²) in [6.07, 6.45) is 6.52. The Balaban J connectivity index is 2.12. The van der Waals surface area contributed by atoms with Gasteiger partial charge in [-0.1, -0.05) is 39.0 Å². The molecule has 1 heterocycles. The van der Waals surface area contributed by atoms with Crippen LogP contribution in [-0.2, 0) is 0 Å². The molecule has 108 valence electrons. The van der Waals surface area contributed by atoms with Crippen LogP contribution in [0.2, 0.25) is 0 Å². The summed E-state index contributed by atoms with van der Waals surface area (Å²) in [5.41, 5.74) is 2.38. The predicted molar refractivity (Wildman–Crippen MR) is 84.1 cm³/mol. The maximum atomic E-state index is 4.49. The Morgan fingerprint density at radius 1 is 1.15 bits per heavy atom. The van der Waals surface area contributed by atoms with Crippen molar-refractivity contribution < 1.29 is 0 Å². The van der Waals surface area contributed by atoms with Crippen LogP contribution in [0.3, 0.4) is 0 Å². The average Bonchev–Trinajstić information content (AvgIpc) is 2.94. The minimum absolute atomic E-state index is 0.403. The van der Waals surface area contributed by atoms with Crippen molar-refractivity contribution >= 4 is 0 Å². The van der Waals surface area contributed by atoms with Gasteiger partial charge in [0, 0.05) is 17.8 Å². The third-order valence-electron chi connectivity index (χ3n) is 3.51. The molecule has 0 aliphatic carbocycles. The number of hydrogen-bond donors (Lipinski definition) is 1. The van der Waals surface area contributed by atoms with Crippen LogP contribution in [-0.4, -0.2) is 16.3 Å². The van der Waals surface area contributed by atoms with Crippen LogP contribution in [0, 0.1) is 5.92 Å². The van der Waals surface area contributed by atoms with E-state index in [1.807, 2.05) is 29.1 Å². The molecule has 0 spiro atoms. The lowest BCUT2D eigenvalue weighted by atomic mass is 10.00. The number of para-hydroxylation sites is 1. The number of aromatic nitrogens is 2. The van der Waals surface area contributed by atoms with Gasteiger partial charge in [0.05, 0.1) is 11.9 Å². The van der Waals surface area contributed by atoms with Crippen LogP contribution in [0.15, 0.2) is 42.7 Å². The molecule has 1 aromatic carbocycles. The molecule has 1 N–H and O–H groups in total. The quantitative estimate of drug-likeness (QED) is 0.826. The van der Waals surface area contributed by atoms with Crippen molar-refractivity contribution in [2.75, 3.05) is 6.54 Å². The van der Waals surface area contributed by atoms with Crippen LogP contribution in [0.1, 0.15) is 45.2 Å². The molecule has 20 heavy (non-hydrogen) atoms. The topological polar surface area (TPSA) is 29.9 Å². The van der Waals surface area contributed by atoms with E-state index in [0.717, 1.165) is 24.6 Å². The minimum atomic E-state index is 0.403. The maximum absolute atomic E-state index is 4.49. The van der Waals surface area contributed by atoms with E-state index in [4.69, 9.17) is 0 Å². The zero-order valence-corrected chi connectivity index (χ0v) is 12.7. The summed E-state index contributed by atoms with van der Waals surface area (Å²) in [4.78, 5) is 0. The molecule has 0 bridgehead atoms. The second-order valence-corrected chi connectivity index (χ2v) is 5.64. The van der Waals surface area contributed by atoms with Gasteiger partial charge in [0.15, 0.2) is 0 Å². The lowest BCUT2D eigenvalue weighted by Gasteiger charge is -2.17. The first-order valence-corrected chi connectivity index (χ1v) is 7.54. The fourth-order valence-corrected chi connectivity index (χ4v) is 2.37. The molecular formula is C17H25N3. The Bertz CT molecular complexity index is 502. The molecule has 0 saturated heterocycles. The van der Waals surface area contributed by atoms with E-state index in [1.54, 1.807) is 0 Å². The first kappa shape index (κ1) is 14.8. The summed E-state index contributed by atoms with van der Waals surface area (Å²) < 4.78 is 1.95. The Morgan fingerprint density at radius 2 is 1.90 bits per heavy atom. The second-order valence-electron chi connectivity index (χ2n) is 5.64. The summed E-state index contributed by atoms with van der Waals surface area (Å²) in [6, 6.07) is 10.7. The molecule has 3 heteroatoms. The fraction of sp³-hybridized carbons (Fsp3) is 0.471. The normalized spacial score (nSPS) is 12.8. The third kappa shape index (κ3) is 3.94. The van der Waals surface area contributed by atoms with Crippen molar-refractivity contribution in [2.24, 2.45) is 5.92 Å². The number of benzene rings is 1. The van der Waals surface area contributed by atoms with Gasteiger partial charge in [-0.25, -0.2) is 4.68 Å². The number of nitrogens with zero attached hydrogens (tertiary/aromatic N) is 2. The van der Waals surface area contributed by atoms with Gasteiger partial charge in [-0.15, -0.1) is 0 Å². The fourth-order valence-electron chi connectivity index (χ4n) is 2.37. The molecule has 0 aliphatic heterocycles. The van der Waals surface area contributed by atoms with E-state index in [0.29, 0.717) is 6.04 Å². The monoisotopic (exact) mass is 271 g/mol. The van der Waals surface area contributed by atoms with Crippen molar-refractivity contribution in [1.29, 1.82) is 0 Å². The van der Waals surface area contributed by atoms with Gasteiger partial charge in [-0.05, 0) is 37.4 Å². The van der Waals surface area contributed by atoms with E-state index < -0.39 is 0 Å². The summed E-state index contributed by atoms with van der Waals surface area (Å²) >= 11 is 0. The highest BCUT2D eigenvalue weighted by Crippen LogP contribution is 2.21. The summed E-state index contributed by atoms with van der Waals surface area (Å²) in [5, 5.41) is 8.06. The first-order chi connectivity index (χ1) is 9.70. The van der Waals surface area contributed by atoms with E-state index in [9.17, 15) is 0 Å². The summed E-state index contributed by atoms with van der Waals surface area (Å²) in [6.45, 7) is 7.69. The lowest BCUT2D eigenvalue weighted by Crippen LogP contribution is -2.21. The zero-order chi connectivity index (χ0) is 14.4. The highest BCUT2D eigenvalue weighted by Gasteiger charge is 2.13. The smallest absolute Gasteiger partial charge is 0.0645 e. The van der Waals surface area contributed by atoms with E-state index in [1.165, 1.54) is 12.0 Å². The Morgan fingerprint density at radius 3 is 2.55 bits per heavy atom. The molecule has 1 aromatic heterocycles. The second kappa shape index (κ2) is 7.25. The molecule has 1 atom stereocenters. The van der Waals surface area contributed by atoms with Crippen molar-refractivity contribution in [3.05, 3.63) is 48.3 Å². The van der Waals surface area contributed by atoms with Gasteiger partial charge >= 0.3 is 0 Å². The standard InChI is InChI=1S/C17H25N3/c1-4-18-17(11-10-14(2)3)15-12-19-20(13-15)16-8-6-5-7-9-16/h5-9,12-14,17-18H,4,10-11H2,1-3H3. The first-order valence-electron chi connectivity index (χ1n) is 7.54. The third-order valence-corrected chi connectivity index (χ3v) is 3.51. The number of rotatable bonds is 7. The largest absolute Gasteiger partial charge is 0.310 e. The highest BCUT2D eigenvalue weighted by atomic mass is 15.3. The Kier molecular flexibility index (Phi) is 5.36. The minimum Gasteiger partial charge on any atom is -0.310 e. The molecule has 2 rings (SSSR count). The van der Waals surface area contributed by atoms with Crippen molar-refractivity contribution in [1.82, 2.24) is 15.1 Å². The molecule has 0 radical (unpaired) electrons. The van der Waals surface area contributed by atoms with Crippen molar-refractivity contribution in [3.63, 3.8) is 0 Å². The molecule has 0 fully saturated rings. The van der Waals surface area contributed by atoms with Crippen LogP contribution >= 0.6 is 0 Å². The van der Waals surface area contributed by atoms with Crippen LogP contribution < -0.4 is 5.32 Å². The summed E-state index contributed by atoms with van der Waals surface area (Å²) in [7, 11) is 0. The molecule has 3 nitrogen and oxygen atoms in total. The van der Waals surface area contributed by atoms with Gasteiger partial charge in [0.2, 0.25) is 0 Å². The average molecular weight is 271 g/mol. The molecular weight excluding hydrogens is 246 g/mol. The summed E-state index contributed by atoms with van der Waals surface area (Å²) in [5.74, 6) is 0.736. The van der Waals surface area contributed by atoms with Crippen molar-refractivity contribution in [2.45, 2.75) is 39.7 Å².